The summed E-state index contributed by atoms with van der Waals surface area (Å²) in [5.74, 6) is 0.174. The van der Waals surface area contributed by atoms with Crippen molar-refractivity contribution in [2.75, 3.05) is 0 Å². The van der Waals surface area contributed by atoms with Crippen LogP contribution in [0.2, 0.25) is 5.02 Å². The molecule has 88 valence electrons. The van der Waals surface area contributed by atoms with E-state index in [0.29, 0.717) is 0 Å². The fourth-order valence-electron chi connectivity index (χ4n) is 2.61. The van der Waals surface area contributed by atoms with E-state index in [2.05, 4.69) is 13.0 Å². The van der Waals surface area contributed by atoms with E-state index in [9.17, 15) is 5.11 Å². The minimum Gasteiger partial charge on any atom is -0.389 e. The van der Waals surface area contributed by atoms with Crippen LogP contribution < -0.4 is 0 Å². The SMILES string of the molecule is Cc1ccc(C(C)C2(O)CCCC2)cc1Cl. The molecule has 0 amide bonds. The first-order chi connectivity index (χ1) is 7.53. The molecule has 0 aromatic heterocycles. The van der Waals surface area contributed by atoms with Crippen LogP contribution in [0, 0.1) is 6.92 Å². The number of benzene rings is 1. The van der Waals surface area contributed by atoms with E-state index in [1.807, 2.05) is 19.1 Å². The summed E-state index contributed by atoms with van der Waals surface area (Å²) in [5.41, 5.74) is 1.73. The minimum absolute atomic E-state index is 0.174. The Labute approximate surface area is 102 Å². The molecule has 1 nitrogen and oxygen atoms in total. The Hall–Kier alpha value is -0.530. The molecule has 1 fully saturated rings. The van der Waals surface area contributed by atoms with Gasteiger partial charge in [-0.2, -0.15) is 0 Å². The molecule has 16 heavy (non-hydrogen) atoms. The summed E-state index contributed by atoms with van der Waals surface area (Å²) in [6, 6.07) is 6.12. The van der Waals surface area contributed by atoms with Crippen molar-refractivity contribution in [1.82, 2.24) is 0 Å². The van der Waals surface area contributed by atoms with Crippen LogP contribution in [0.25, 0.3) is 0 Å². The van der Waals surface area contributed by atoms with Crippen molar-refractivity contribution in [2.45, 2.75) is 51.0 Å². The van der Waals surface area contributed by atoms with Crippen LogP contribution in [-0.4, -0.2) is 10.7 Å². The monoisotopic (exact) mass is 238 g/mol. The summed E-state index contributed by atoms with van der Waals surface area (Å²) >= 11 is 6.13. The Bertz CT molecular complexity index is 380. The Morgan fingerprint density at radius 2 is 1.94 bits per heavy atom. The van der Waals surface area contributed by atoms with Gasteiger partial charge in [0.15, 0.2) is 0 Å². The lowest BCUT2D eigenvalue weighted by atomic mass is 9.82. The van der Waals surface area contributed by atoms with Crippen LogP contribution in [0.5, 0.6) is 0 Å². The highest BCUT2D eigenvalue weighted by molar-refractivity contribution is 6.31. The molecule has 0 radical (unpaired) electrons. The molecule has 2 heteroatoms. The van der Waals surface area contributed by atoms with Gasteiger partial charge in [-0.1, -0.05) is 43.5 Å². The minimum atomic E-state index is -0.515. The quantitative estimate of drug-likeness (QED) is 0.824. The Morgan fingerprint density at radius 3 is 2.50 bits per heavy atom. The standard InChI is InChI=1S/C14H19ClO/c1-10-5-6-12(9-13(10)15)11(2)14(16)7-3-4-8-14/h5-6,9,11,16H,3-4,7-8H2,1-2H3. The predicted octanol–water partition coefficient (Wildman–Crippen LogP) is 4.06. The van der Waals surface area contributed by atoms with Crippen LogP contribution in [0.4, 0.5) is 0 Å². The first kappa shape index (κ1) is 11.9. The maximum absolute atomic E-state index is 10.5. The van der Waals surface area contributed by atoms with Gasteiger partial charge in [-0.3, -0.25) is 0 Å². The van der Waals surface area contributed by atoms with Crippen molar-refractivity contribution in [3.05, 3.63) is 34.3 Å². The van der Waals surface area contributed by atoms with Gasteiger partial charge in [0.2, 0.25) is 0 Å². The van der Waals surface area contributed by atoms with Crippen molar-refractivity contribution in [3.8, 4) is 0 Å². The molecule has 1 aliphatic carbocycles. The van der Waals surface area contributed by atoms with E-state index in [1.54, 1.807) is 0 Å². The van der Waals surface area contributed by atoms with Crippen molar-refractivity contribution < 1.29 is 5.11 Å². The molecule has 0 aliphatic heterocycles. The third-order valence-electron chi connectivity index (χ3n) is 3.97. The first-order valence-electron chi connectivity index (χ1n) is 6.01. The molecule has 1 atom stereocenters. The van der Waals surface area contributed by atoms with Crippen LogP contribution >= 0.6 is 11.6 Å². The van der Waals surface area contributed by atoms with Crippen LogP contribution in [0.15, 0.2) is 18.2 Å². The third-order valence-corrected chi connectivity index (χ3v) is 4.38. The van der Waals surface area contributed by atoms with Gasteiger partial charge < -0.3 is 5.11 Å². The number of hydrogen-bond donors (Lipinski definition) is 1. The van der Waals surface area contributed by atoms with E-state index in [-0.39, 0.29) is 5.92 Å². The van der Waals surface area contributed by atoms with Crippen LogP contribution in [0.1, 0.15) is 49.7 Å². The summed E-state index contributed by atoms with van der Waals surface area (Å²) in [6.07, 6.45) is 4.11. The molecule has 0 saturated heterocycles. The smallest absolute Gasteiger partial charge is 0.0713 e. The first-order valence-corrected chi connectivity index (χ1v) is 6.39. The molecule has 0 heterocycles. The summed E-state index contributed by atoms with van der Waals surface area (Å²) in [7, 11) is 0. The van der Waals surface area contributed by atoms with Gasteiger partial charge in [0.1, 0.15) is 0 Å². The van der Waals surface area contributed by atoms with Crippen molar-refractivity contribution in [3.63, 3.8) is 0 Å². The van der Waals surface area contributed by atoms with E-state index in [4.69, 9.17) is 11.6 Å². The molecule has 0 bridgehead atoms. The summed E-state index contributed by atoms with van der Waals surface area (Å²) in [4.78, 5) is 0. The van der Waals surface area contributed by atoms with E-state index in [0.717, 1.165) is 41.8 Å². The number of hydrogen-bond acceptors (Lipinski definition) is 1. The summed E-state index contributed by atoms with van der Waals surface area (Å²) in [6.45, 7) is 4.10. The zero-order valence-electron chi connectivity index (χ0n) is 9.96. The largest absolute Gasteiger partial charge is 0.389 e. The maximum Gasteiger partial charge on any atom is 0.0713 e. The Kier molecular flexibility index (Phi) is 3.27. The van der Waals surface area contributed by atoms with Crippen molar-refractivity contribution in [1.29, 1.82) is 0 Å². The molecular weight excluding hydrogens is 220 g/mol. The second kappa shape index (κ2) is 4.38. The molecule has 0 spiro atoms. The highest BCUT2D eigenvalue weighted by Crippen LogP contribution is 2.41. The summed E-state index contributed by atoms with van der Waals surface area (Å²) < 4.78 is 0. The van der Waals surface area contributed by atoms with Crippen molar-refractivity contribution >= 4 is 11.6 Å². The zero-order valence-corrected chi connectivity index (χ0v) is 10.7. The van der Waals surface area contributed by atoms with Gasteiger partial charge in [-0.05, 0) is 37.0 Å². The molecule has 2 rings (SSSR count). The zero-order chi connectivity index (χ0) is 11.8. The van der Waals surface area contributed by atoms with Crippen molar-refractivity contribution in [2.24, 2.45) is 0 Å². The van der Waals surface area contributed by atoms with Gasteiger partial charge in [0, 0.05) is 10.9 Å². The molecule has 1 saturated carbocycles. The number of rotatable bonds is 2. The molecule has 1 unspecified atom stereocenters. The molecular formula is C14H19ClO. The maximum atomic E-state index is 10.5. The average molecular weight is 239 g/mol. The molecule has 1 aromatic rings. The highest BCUT2D eigenvalue weighted by Gasteiger charge is 2.37. The molecule has 1 N–H and O–H groups in total. The van der Waals surface area contributed by atoms with Crippen LogP contribution in [0.3, 0.4) is 0 Å². The fraction of sp³-hybridized carbons (Fsp3) is 0.571. The van der Waals surface area contributed by atoms with E-state index in [1.165, 1.54) is 0 Å². The highest BCUT2D eigenvalue weighted by atomic mass is 35.5. The van der Waals surface area contributed by atoms with Crippen LogP contribution in [-0.2, 0) is 0 Å². The van der Waals surface area contributed by atoms with Gasteiger partial charge in [-0.25, -0.2) is 0 Å². The molecule has 1 aromatic carbocycles. The Morgan fingerprint density at radius 1 is 1.31 bits per heavy atom. The summed E-state index contributed by atoms with van der Waals surface area (Å²) in [5, 5.41) is 11.3. The topological polar surface area (TPSA) is 20.2 Å². The average Bonchev–Trinajstić information content (AvgIpc) is 2.70. The lowest BCUT2D eigenvalue weighted by molar-refractivity contribution is 0.0242. The lowest BCUT2D eigenvalue weighted by Crippen LogP contribution is -2.31. The predicted molar refractivity (Wildman–Crippen MR) is 68.0 cm³/mol. The second-order valence-electron chi connectivity index (χ2n) is 5.04. The van der Waals surface area contributed by atoms with Gasteiger partial charge >= 0.3 is 0 Å². The van der Waals surface area contributed by atoms with Gasteiger partial charge in [0.25, 0.3) is 0 Å². The number of aryl methyl sites for hydroxylation is 1. The number of aliphatic hydroxyl groups is 1. The van der Waals surface area contributed by atoms with E-state index < -0.39 is 5.60 Å². The second-order valence-corrected chi connectivity index (χ2v) is 5.45. The number of halogens is 1. The lowest BCUT2D eigenvalue weighted by Gasteiger charge is -2.30. The van der Waals surface area contributed by atoms with Gasteiger partial charge in [0.05, 0.1) is 5.60 Å². The normalized spacial score (nSPS) is 21.0. The Balaban J connectivity index is 2.26. The third kappa shape index (κ3) is 2.11. The fourth-order valence-corrected chi connectivity index (χ4v) is 2.80. The van der Waals surface area contributed by atoms with Gasteiger partial charge in [-0.15, -0.1) is 0 Å². The molecule has 1 aliphatic rings. The van der Waals surface area contributed by atoms with E-state index >= 15 is 0 Å².